The van der Waals surface area contributed by atoms with Gasteiger partial charge in [0.15, 0.2) is 0 Å². The van der Waals surface area contributed by atoms with Gasteiger partial charge in [-0.3, -0.25) is 0 Å². The molecule has 2 N–H and O–H groups in total. The highest BCUT2D eigenvalue weighted by Gasteiger charge is 2.25. The average molecular weight is 277 g/mol. The Kier molecular flexibility index (Phi) is 5.00. The highest BCUT2D eigenvalue weighted by atomic mass is 16.3. The van der Waals surface area contributed by atoms with Crippen LogP contribution in [0.1, 0.15) is 45.6 Å². The normalized spacial score (nSPS) is 16.0. The third kappa shape index (κ3) is 4.18. The van der Waals surface area contributed by atoms with Gasteiger partial charge in [-0.2, -0.15) is 0 Å². The minimum Gasteiger partial charge on any atom is -0.395 e. The van der Waals surface area contributed by atoms with Gasteiger partial charge in [0, 0.05) is 30.9 Å². The van der Waals surface area contributed by atoms with Gasteiger partial charge in [0.05, 0.1) is 6.61 Å². The van der Waals surface area contributed by atoms with Gasteiger partial charge in [-0.05, 0) is 51.7 Å². The van der Waals surface area contributed by atoms with Crippen LogP contribution in [0.15, 0.2) is 18.3 Å². The summed E-state index contributed by atoms with van der Waals surface area (Å²) in [6.45, 7) is 8.18. The Morgan fingerprint density at radius 2 is 2.10 bits per heavy atom. The number of aromatic nitrogens is 1. The molecule has 0 spiro atoms. The summed E-state index contributed by atoms with van der Waals surface area (Å²) >= 11 is 0. The Hall–Kier alpha value is -1.13. The lowest BCUT2D eigenvalue weighted by atomic mass is 9.91. The number of aliphatic hydroxyl groups excluding tert-OH is 1. The largest absolute Gasteiger partial charge is 0.395 e. The number of nitrogens with zero attached hydrogens (tertiary/aromatic N) is 2. The number of anilines is 1. The molecule has 1 saturated carbocycles. The first-order valence-corrected chi connectivity index (χ1v) is 7.57. The molecule has 4 heteroatoms. The van der Waals surface area contributed by atoms with Crippen molar-refractivity contribution < 1.29 is 5.11 Å². The van der Waals surface area contributed by atoms with E-state index < -0.39 is 0 Å². The zero-order valence-corrected chi connectivity index (χ0v) is 12.9. The summed E-state index contributed by atoms with van der Waals surface area (Å²) in [7, 11) is 0. The smallest absolute Gasteiger partial charge is 0.128 e. The molecule has 1 aromatic heterocycles. The van der Waals surface area contributed by atoms with Crippen molar-refractivity contribution in [3.8, 4) is 0 Å². The van der Waals surface area contributed by atoms with Crippen LogP contribution in [-0.4, -0.2) is 34.8 Å². The minimum absolute atomic E-state index is 0.119. The van der Waals surface area contributed by atoms with E-state index >= 15 is 0 Å². The van der Waals surface area contributed by atoms with E-state index in [0.29, 0.717) is 12.6 Å². The molecule has 1 aromatic rings. The molecule has 112 valence electrons. The van der Waals surface area contributed by atoms with Gasteiger partial charge in [0.2, 0.25) is 0 Å². The SMILES string of the molecule is CC(C)(C)NCc1ccc(N(CCO)C2CCC2)nc1. The summed E-state index contributed by atoms with van der Waals surface area (Å²) in [5.41, 5.74) is 1.31. The van der Waals surface area contributed by atoms with Gasteiger partial charge in [-0.15, -0.1) is 0 Å². The molecular formula is C16H27N3O. The molecule has 2 rings (SSSR count). The molecule has 0 bridgehead atoms. The van der Waals surface area contributed by atoms with E-state index in [9.17, 15) is 5.11 Å². The van der Waals surface area contributed by atoms with Gasteiger partial charge >= 0.3 is 0 Å². The second kappa shape index (κ2) is 6.55. The van der Waals surface area contributed by atoms with E-state index in [1.807, 2.05) is 6.20 Å². The van der Waals surface area contributed by atoms with Gasteiger partial charge in [0.25, 0.3) is 0 Å². The lowest BCUT2D eigenvalue weighted by Gasteiger charge is -2.38. The Labute approximate surface area is 122 Å². The maximum Gasteiger partial charge on any atom is 0.128 e. The third-order valence-electron chi connectivity index (χ3n) is 3.78. The topological polar surface area (TPSA) is 48.4 Å². The molecule has 0 amide bonds. The molecule has 20 heavy (non-hydrogen) atoms. The van der Waals surface area contributed by atoms with Gasteiger partial charge < -0.3 is 15.3 Å². The van der Waals surface area contributed by atoms with Crippen molar-refractivity contribution in [1.82, 2.24) is 10.3 Å². The first-order valence-electron chi connectivity index (χ1n) is 7.57. The summed E-state index contributed by atoms with van der Waals surface area (Å²) in [6, 6.07) is 4.77. The van der Waals surface area contributed by atoms with Crippen LogP contribution in [0.5, 0.6) is 0 Å². The zero-order valence-electron chi connectivity index (χ0n) is 12.9. The van der Waals surface area contributed by atoms with Gasteiger partial charge in [-0.25, -0.2) is 4.98 Å². The van der Waals surface area contributed by atoms with Crippen molar-refractivity contribution in [2.45, 2.75) is 58.2 Å². The van der Waals surface area contributed by atoms with E-state index in [-0.39, 0.29) is 12.1 Å². The van der Waals surface area contributed by atoms with Crippen LogP contribution in [0.3, 0.4) is 0 Å². The van der Waals surface area contributed by atoms with Crippen molar-refractivity contribution in [2.24, 2.45) is 0 Å². The molecule has 0 radical (unpaired) electrons. The first-order chi connectivity index (χ1) is 9.49. The van der Waals surface area contributed by atoms with E-state index in [1.54, 1.807) is 0 Å². The molecule has 1 aliphatic carbocycles. The predicted octanol–water partition coefficient (Wildman–Crippen LogP) is 2.32. The number of aliphatic hydroxyl groups is 1. The second-order valence-electron chi connectivity index (χ2n) is 6.63. The molecular weight excluding hydrogens is 250 g/mol. The Morgan fingerprint density at radius 1 is 1.35 bits per heavy atom. The van der Waals surface area contributed by atoms with Crippen LogP contribution < -0.4 is 10.2 Å². The number of hydrogen-bond acceptors (Lipinski definition) is 4. The first kappa shape index (κ1) is 15.3. The van der Waals surface area contributed by atoms with Crippen molar-refractivity contribution >= 4 is 5.82 Å². The molecule has 1 heterocycles. The third-order valence-corrected chi connectivity index (χ3v) is 3.78. The van der Waals surface area contributed by atoms with Crippen molar-refractivity contribution in [3.05, 3.63) is 23.9 Å². The predicted molar refractivity (Wildman–Crippen MR) is 82.9 cm³/mol. The minimum atomic E-state index is 0.119. The summed E-state index contributed by atoms with van der Waals surface area (Å²) in [6.07, 6.45) is 5.67. The van der Waals surface area contributed by atoms with Crippen LogP contribution in [0.25, 0.3) is 0 Å². The number of hydrogen-bond donors (Lipinski definition) is 2. The number of pyridine rings is 1. The fourth-order valence-electron chi connectivity index (χ4n) is 2.35. The van der Waals surface area contributed by atoms with Crippen LogP contribution in [0.4, 0.5) is 5.82 Å². The summed E-state index contributed by atoms with van der Waals surface area (Å²) in [5.74, 6) is 0.989. The molecule has 0 atom stereocenters. The van der Waals surface area contributed by atoms with E-state index in [2.05, 4.69) is 48.1 Å². The molecule has 0 unspecified atom stereocenters. The van der Waals surface area contributed by atoms with Crippen molar-refractivity contribution in [2.75, 3.05) is 18.1 Å². The Balaban J connectivity index is 1.98. The molecule has 0 aliphatic heterocycles. The fourth-order valence-corrected chi connectivity index (χ4v) is 2.35. The molecule has 1 aliphatic rings. The maximum absolute atomic E-state index is 9.22. The molecule has 1 fully saturated rings. The van der Waals surface area contributed by atoms with E-state index in [1.165, 1.54) is 24.8 Å². The summed E-state index contributed by atoms with van der Waals surface area (Å²) < 4.78 is 0. The Bertz CT molecular complexity index is 407. The van der Waals surface area contributed by atoms with Gasteiger partial charge in [0.1, 0.15) is 5.82 Å². The number of rotatable bonds is 6. The number of nitrogens with one attached hydrogen (secondary N) is 1. The van der Waals surface area contributed by atoms with Crippen LogP contribution in [0.2, 0.25) is 0 Å². The Morgan fingerprint density at radius 3 is 2.55 bits per heavy atom. The molecule has 4 nitrogen and oxygen atoms in total. The maximum atomic E-state index is 9.22. The van der Waals surface area contributed by atoms with Crippen LogP contribution in [-0.2, 0) is 6.54 Å². The van der Waals surface area contributed by atoms with E-state index in [4.69, 9.17) is 0 Å². The summed E-state index contributed by atoms with van der Waals surface area (Å²) in [4.78, 5) is 6.82. The lowest BCUT2D eigenvalue weighted by molar-refractivity contribution is 0.283. The van der Waals surface area contributed by atoms with Crippen LogP contribution >= 0.6 is 0 Å². The highest BCUT2D eigenvalue weighted by Crippen LogP contribution is 2.28. The highest BCUT2D eigenvalue weighted by molar-refractivity contribution is 5.41. The molecule has 0 saturated heterocycles. The lowest BCUT2D eigenvalue weighted by Crippen LogP contribution is -2.42. The quantitative estimate of drug-likeness (QED) is 0.838. The standard InChI is InChI=1S/C16H27N3O/c1-16(2,3)18-12-13-7-8-15(17-11-13)19(9-10-20)14-5-4-6-14/h7-8,11,14,18,20H,4-6,9-10,12H2,1-3H3. The molecule has 0 aromatic carbocycles. The fraction of sp³-hybridized carbons (Fsp3) is 0.688. The van der Waals surface area contributed by atoms with E-state index in [0.717, 1.165) is 12.4 Å². The summed E-state index contributed by atoms with van der Waals surface area (Å²) in [5, 5.41) is 12.7. The monoisotopic (exact) mass is 277 g/mol. The second-order valence-corrected chi connectivity index (χ2v) is 6.63. The van der Waals surface area contributed by atoms with Crippen LogP contribution in [0, 0.1) is 0 Å². The van der Waals surface area contributed by atoms with Crippen molar-refractivity contribution in [3.63, 3.8) is 0 Å². The van der Waals surface area contributed by atoms with Gasteiger partial charge in [-0.1, -0.05) is 6.07 Å². The zero-order chi connectivity index (χ0) is 14.6. The average Bonchev–Trinajstić information content (AvgIpc) is 2.33. The van der Waals surface area contributed by atoms with Crippen molar-refractivity contribution in [1.29, 1.82) is 0 Å².